The minimum absolute atomic E-state index is 0.0176. The number of aromatic nitrogens is 1. The predicted molar refractivity (Wildman–Crippen MR) is 106 cm³/mol. The summed E-state index contributed by atoms with van der Waals surface area (Å²) in [5.74, 6) is -0.752. The molecule has 0 bridgehead atoms. The lowest BCUT2D eigenvalue weighted by atomic mass is 10.2. The highest BCUT2D eigenvalue weighted by atomic mass is 19.1. The summed E-state index contributed by atoms with van der Waals surface area (Å²) in [4.78, 5) is 29.0. The monoisotopic (exact) mass is 395 g/mol. The zero-order valence-electron chi connectivity index (χ0n) is 15.7. The van der Waals surface area contributed by atoms with Gasteiger partial charge >= 0.3 is 0 Å². The fourth-order valence-corrected chi connectivity index (χ4v) is 2.52. The van der Waals surface area contributed by atoms with Crippen LogP contribution >= 0.6 is 0 Å². The van der Waals surface area contributed by atoms with E-state index in [0.717, 1.165) is 0 Å². The van der Waals surface area contributed by atoms with E-state index in [1.54, 1.807) is 24.3 Å². The van der Waals surface area contributed by atoms with Crippen molar-refractivity contribution in [2.24, 2.45) is 0 Å². The van der Waals surface area contributed by atoms with Crippen molar-refractivity contribution in [3.63, 3.8) is 0 Å². The van der Waals surface area contributed by atoms with Crippen molar-refractivity contribution in [2.75, 3.05) is 24.9 Å². The average molecular weight is 395 g/mol. The second kappa shape index (κ2) is 8.83. The predicted octanol–water partition coefficient (Wildman–Crippen LogP) is 3.74. The van der Waals surface area contributed by atoms with E-state index in [1.807, 2.05) is 0 Å². The molecule has 0 unspecified atom stereocenters. The maximum absolute atomic E-state index is 13.7. The van der Waals surface area contributed by atoms with Crippen LogP contribution in [0.5, 0.6) is 11.5 Å². The number of methoxy groups -OCH3 is 2. The minimum Gasteiger partial charge on any atom is -0.497 e. The van der Waals surface area contributed by atoms with Crippen LogP contribution in [0.15, 0.2) is 60.7 Å². The van der Waals surface area contributed by atoms with Crippen molar-refractivity contribution < 1.29 is 23.5 Å². The molecular weight excluding hydrogens is 377 g/mol. The van der Waals surface area contributed by atoms with Gasteiger partial charge in [-0.1, -0.05) is 18.2 Å². The highest BCUT2D eigenvalue weighted by Gasteiger charge is 2.15. The number of carbonyl (C=O) groups excluding carboxylic acids is 2. The van der Waals surface area contributed by atoms with E-state index in [9.17, 15) is 14.0 Å². The number of ether oxygens (including phenoxy) is 2. The fourth-order valence-electron chi connectivity index (χ4n) is 2.52. The molecule has 0 atom stereocenters. The van der Waals surface area contributed by atoms with E-state index in [1.165, 1.54) is 50.6 Å². The lowest BCUT2D eigenvalue weighted by molar-refractivity contribution is 0.101. The SMILES string of the molecule is COc1ccc(NC(=O)c2cccc(C(=O)Nc3ccccc3F)n2)c(OC)c1. The molecule has 0 aliphatic carbocycles. The van der Waals surface area contributed by atoms with Gasteiger partial charge < -0.3 is 20.1 Å². The average Bonchev–Trinajstić information content (AvgIpc) is 2.75. The normalized spacial score (nSPS) is 10.2. The van der Waals surface area contributed by atoms with Gasteiger partial charge in [0.05, 0.1) is 25.6 Å². The molecule has 2 N–H and O–H groups in total. The Morgan fingerprint density at radius 2 is 1.48 bits per heavy atom. The van der Waals surface area contributed by atoms with E-state index >= 15 is 0 Å². The number of hydrogen-bond donors (Lipinski definition) is 2. The molecule has 0 fully saturated rings. The molecule has 1 aromatic heterocycles. The number of para-hydroxylation sites is 1. The van der Waals surface area contributed by atoms with E-state index in [4.69, 9.17) is 9.47 Å². The lowest BCUT2D eigenvalue weighted by Crippen LogP contribution is -2.19. The molecule has 0 saturated heterocycles. The van der Waals surface area contributed by atoms with Crippen LogP contribution in [-0.4, -0.2) is 31.0 Å². The fraction of sp³-hybridized carbons (Fsp3) is 0.0952. The van der Waals surface area contributed by atoms with Crippen LogP contribution < -0.4 is 20.1 Å². The van der Waals surface area contributed by atoms with Crippen LogP contribution in [0.25, 0.3) is 0 Å². The van der Waals surface area contributed by atoms with Gasteiger partial charge in [0.25, 0.3) is 11.8 Å². The summed E-state index contributed by atoms with van der Waals surface area (Å²) in [6, 6.07) is 15.1. The summed E-state index contributed by atoms with van der Waals surface area (Å²) in [5.41, 5.74) is 0.435. The van der Waals surface area contributed by atoms with Gasteiger partial charge in [0, 0.05) is 6.07 Å². The second-order valence-electron chi connectivity index (χ2n) is 5.86. The Balaban J connectivity index is 1.78. The van der Waals surface area contributed by atoms with E-state index in [2.05, 4.69) is 15.6 Å². The summed E-state index contributed by atoms with van der Waals surface area (Å²) >= 11 is 0. The Morgan fingerprint density at radius 1 is 0.828 bits per heavy atom. The Labute approximate surface area is 166 Å². The summed E-state index contributed by atoms with van der Waals surface area (Å²) < 4.78 is 24.1. The van der Waals surface area contributed by atoms with Crippen molar-refractivity contribution in [2.45, 2.75) is 0 Å². The third-order valence-electron chi connectivity index (χ3n) is 3.99. The zero-order chi connectivity index (χ0) is 20.8. The van der Waals surface area contributed by atoms with E-state index in [-0.39, 0.29) is 17.1 Å². The van der Waals surface area contributed by atoms with Gasteiger partial charge in [0.15, 0.2) is 0 Å². The summed E-state index contributed by atoms with van der Waals surface area (Å²) in [7, 11) is 2.99. The van der Waals surface area contributed by atoms with Gasteiger partial charge in [-0.2, -0.15) is 0 Å². The van der Waals surface area contributed by atoms with Crippen LogP contribution in [0.2, 0.25) is 0 Å². The number of benzene rings is 2. The molecule has 2 amide bonds. The Morgan fingerprint density at radius 3 is 2.10 bits per heavy atom. The van der Waals surface area contributed by atoms with Gasteiger partial charge in [0.2, 0.25) is 0 Å². The highest BCUT2D eigenvalue weighted by molar-refractivity contribution is 6.06. The van der Waals surface area contributed by atoms with Crippen molar-refractivity contribution in [1.29, 1.82) is 0 Å². The third-order valence-corrected chi connectivity index (χ3v) is 3.99. The van der Waals surface area contributed by atoms with Gasteiger partial charge in [0.1, 0.15) is 28.7 Å². The molecule has 7 nitrogen and oxygen atoms in total. The second-order valence-corrected chi connectivity index (χ2v) is 5.86. The molecule has 2 aromatic carbocycles. The standard InChI is InChI=1S/C21H18FN3O4/c1-28-13-10-11-16(19(12-13)29-2)25-21(27)18-9-5-8-17(23-18)20(26)24-15-7-4-3-6-14(15)22/h3-12H,1-2H3,(H,24,26)(H,25,27). The number of nitrogens with one attached hydrogen (secondary N) is 2. The molecule has 148 valence electrons. The van der Waals surface area contributed by atoms with E-state index in [0.29, 0.717) is 17.2 Å². The number of halogens is 1. The van der Waals surface area contributed by atoms with Gasteiger partial charge in [-0.3, -0.25) is 9.59 Å². The van der Waals surface area contributed by atoms with Gasteiger partial charge in [-0.15, -0.1) is 0 Å². The molecule has 3 aromatic rings. The summed E-state index contributed by atoms with van der Waals surface area (Å²) in [5, 5.41) is 5.11. The third kappa shape index (κ3) is 4.67. The first kappa shape index (κ1) is 19.8. The maximum atomic E-state index is 13.7. The number of carbonyl (C=O) groups is 2. The number of amides is 2. The van der Waals surface area contributed by atoms with Gasteiger partial charge in [-0.25, -0.2) is 9.37 Å². The van der Waals surface area contributed by atoms with Crippen LogP contribution in [0.4, 0.5) is 15.8 Å². The molecule has 0 radical (unpaired) electrons. The van der Waals surface area contributed by atoms with Gasteiger partial charge in [-0.05, 0) is 36.4 Å². The Bertz CT molecular complexity index is 1060. The molecule has 1 heterocycles. The van der Waals surface area contributed by atoms with Crippen LogP contribution in [-0.2, 0) is 0 Å². The Hall–Kier alpha value is -3.94. The largest absolute Gasteiger partial charge is 0.497 e. The van der Waals surface area contributed by atoms with Crippen molar-refractivity contribution >= 4 is 23.2 Å². The minimum atomic E-state index is -0.633. The molecule has 0 aliphatic rings. The number of pyridine rings is 1. The number of nitrogens with zero attached hydrogens (tertiary/aromatic N) is 1. The van der Waals surface area contributed by atoms with Crippen molar-refractivity contribution in [3.05, 3.63) is 77.9 Å². The summed E-state index contributed by atoms with van der Waals surface area (Å²) in [6.45, 7) is 0. The van der Waals surface area contributed by atoms with Crippen LogP contribution in [0.1, 0.15) is 21.0 Å². The topological polar surface area (TPSA) is 89.5 Å². The highest BCUT2D eigenvalue weighted by Crippen LogP contribution is 2.29. The van der Waals surface area contributed by atoms with Crippen LogP contribution in [0, 0.1) is 5.82 Å². The number of anilines is 2. The lowest BCUT2D eigenvalue weighted by Gasteiger charge is -2.12. The maximum Gasteiger partial charge on any atom is 0.274 e. The molecular formula is C21H18FN3O4. The molecule has 3 rings (SSSR count). The molecule has 0 spiro atoms. The van der Waals surface area contributed by atoms with Crippen LogP contribution in [0.3, 0.4) is 0 Å². The molecule has 0 saturated carbocycles. The number of rotatable bonds is 6. The van der Waals surface area contributed by atoms with Crippen molar-refractivity contribution in [1.82, 2.24) is 4.98 Å². The molecule has 8 heteroatoms. The molecule has 0 aliphatic heterocycles. The Kier molecular flexibility index (Phi) is 6.03. The molecule has 29 heavy (non-hydrogen) atoms. The quantitative estimate of drug-likeness (QED) is 0.664. The smallest absolute Gasteiger partial charge is 0.274 e. The van der Waals surface area contributed by atoms with Crippen molar-refractivity contribution in [3.8, 4) is 11.5 Å². The zero-order valence-corrected chi connectivity index (χ0v) is 15.7. The first-order chi connectivity index (χ1) is 14.0. The first-order valence-corrected chi connectivity index (χ1v) is 8.58. The number of hydrogen-bond acceptors (Lipinski definition) is 5. The van der Waals surface area contributed by atoms with E-state index < -0.39 is 17.6 Å². The summed E-state index contributed by atoms with van der Waals surface area (Å²) in [6.07, 6.45) is 0. The first-order valence-electron chi connectivity index (χ1n) is 8.58.